The van der Waals surface area contributed by atoms with E-state index in [-0.39, 0.29) is 5.12 Å². The molecule has 0 aromatic heterocycles. The van der Waals surface area contributed by atoms with Crippen LogP contribution in [0.4, 0.5) is 0 Å². The summed E-state index contributed by atoms with van der Waals surface area (Å²) in [6.07, 6.45) is 0. The van der Waals surface area contributed by atoms with E-state index in [9.17, 15) is 4.79 Å². The zero-order valence-electron chi connectivity index (χ0n) is 7.08. The Bertz CT molecular complexity index is 325. The number of benzene rings is 1. The topological polar surface area (TPSA) is 37.3 Å². The number of hydrogen-bond donors (Lipinski definition) is 1. The predicted molar refractivity (Wildman–Crippen MR) is 56.8 cm³/mol. The van der Waals surface area contributed by atoms with Gasteiger partial charge < -0.3 is 5.11 Å². The molecule has 13 heavy (non-hydrogen) atoms. The van der Waals surface area contributed by atoms with Crippen molar-refractivity contribution < 1.29 is 9.90 Å². The Morgan fingerprint density at radius 2 is 2.31 bits per heavy atom. The molecule has 0 saturated carbocycles. The second-order valence-corrected chi connectivity index (χ2v) is 4.45. The summed E-state index contributed by atoms with van der Waals surface area (Å²) in [6.45, 7) is 1.51. The van der Waals surface area contributed by atoms with Crippen LogP contribution in [0.2, 0.25) is 0 Å². The third-order valence-corrected chi connectivity index (χ3v) is 3.45. The maximum Gasteiger partial charge on any atom is 0.219 e. The summed E-state index contributed by atoms with van der Waals surface area (Å²) in [7, 11) is 0. The van der Waals surface area contributed by atoms with Crippen LogP contribution in [-0.4, -0.2) is 16.8 Å². The summed E-state index contributed by atoms with van der Waals surface area (Å²) in [5.41, 5.74) is 1.02. The molecule has 0 saturated heterocycles. The standard InChI is InChI=1S/C9H9BrO2S/c1-6-7(10)3-2-4-8(6)13-9(12)5-11/h2-4,11H,5H2,1H3. The van der Waals surface area contributed by atoms with Crippen LogP contribution in [-0.2, 0) is 4.79 Å². The second-order valence-electron chi connectivity index (χ2n) is 2.50. The van der Waals surface area contributed by atoms with Crippen LogP contribution in [0.3, 0.4) is 0 Å². The van der Waals surface area contributed by atoms with Gasteiger partial charge in [-0.25, -0.2) is 0 Å². The lowest BCUT2D eigenvalue weighted by atomic mass is 10.2. The third-order valence-electron chi connectivity index (χ3n) is 1.57. The molecule has 0 fully saturated rings. The van der Waals surface area contributed by atoms with Gasteiger partial charge >= 0.3 is 0 Å². The van der Waals surface area contributed by atoms with Crippen molar-refractivity contribution in [2.75, 3.05) is 6.61 Å². The fourth-order valence-electron chi connectivity index (χ4n) is 0.853. The van der Waals surface area contributed by atoms with Crippen LogP contribution in [0, 0.1) is 6.92 Å². The minimum Gasteiger partial charge on any atom is -0.388 e. The highest BCUT2D eigenvalue weighted by Gasteiger charge is 2.06. The van der Waals surface area contributed by atoms with E-state index in [0.717, 1.165) is 26.7 Å². The highest BCUT2D eigenvalue weighted by molar-refractivity contribution is 9.10. The number of thioether (sulfide) groups is 1. The first-order valence-electron chi connectivity index (χ1n) is 3.72. The molecule has 0 amide bonds. The molecule has 0 aliphatic carbocycles. The molecule has 0 bridgehead atoms. The minimum absolute atomic E-state index is 0.235. The summed E-state index contributed by atoms with van der Waals surface area (Å²) in [4.78, 5) is 11.8. The van der Waals surface area contributed by atoms with Crippen molar-refractivity contribution in [3.8, 4) is 0 Å². The Balaban J connectivity index is 2.89. The van der Waals surface area contributed by atoms with Crippen molar-refractivity contribution in [1.82, 2.24) is 0 Å². The molecule has 2 nitrogen and oxygen atoms in total. The molecule has 0 heterocycles. The second kappa shape index (κ2) is 4.79. The third kappa shape index (κ3) is 2.83. The van der Waals surface area contributed by atoms with Gasteiger partial charge in [0.15, 0.2) is 0 Å². The Labute approximate surface area is 89.5 Å². The van der Waals surface area contributed by atoms with Crippen molar-refractivity contribution in [3.63, 3.8) is 0 Å². The van der Waals surface area contributed by atoms with Gasteiger partial charge in [0.2, 0.25) is 5.12 Å². The van der Waals surface area contributed by atoms with Crippen molar-refractivity contribution in [2.45, 2.75) is 11.8 Å². The first-order valence-corrected chi connectivity index (χ1v) is 5.32. The molecule has 0 aliphatic heterocycles. The first kappa shape index (κ1) is 10.8. The average Bonchev–Trinajstić information content (AvgIpc) is 2.13. The number of hydrogen-bond acceptors (Lipinski definition) is 3. The van der Waals surface area contributed by atoms with Gasteiger partial charge in [-0.1, -0.05) is 22.0 Å². The molecule has 4 heteroatoms. The van der Waals surface area contributed by atoms with E-state index >= 15 is 0 Å². The zero-order valence-corrected chi connectivity index (χ0v) is 9.48. The van der Waals surface area contributed by atoms with E-state index < -0.39 is 6.61 Å². The van der Waals surface area contributed by atoms with Gasteiger partial charge in [-0.2, -0.15) is 0 Å². The molecule has 0 aliphatic rings. The van der Waals surface area contributed by atoms with Gasteiger partial charge in [-0.3, -0.25) is 4.79 Å². The van der Waals surface area contributed by atoms with Crippen molar-refractivity contribution >= 4 is 32.8 Å². The van der Waals surface area contributed by atoms with Gasteiger partial charge in [0, 0.05) is 9.37 Å². The number of aliphatic hydroxyl groups is 1. The molecule has 0 spiro atoms. The summed E-state index contributed by atoms with van der Waals surface area (Å²) < 4.78 is 0.975. The molecular weight excluding hydrogens is 252 g/mol. The maximum atomic E-state index is 10.9. The molecule has 0 atom stereocenters. The van der Waals surface area contributed by atoms with Crippen LogP contribution in [0.15, 0.2) is 27.6 Å². The Morgan fingerprint density at radius 1 is 1.62 bits per heavy atom. The quantitative estimate of drug-likeness (QED) is 0.830. The van der Waals surface area contributed by atoms with Gasteiger partial charge in [-0.15, -0.1) is 0 Å². The molecule has 0 radical (unpaired) electrons. The normalized spacial score (nSPS) is 10.1. The maximum absolute atomic E-state index is 10.9. The fraction of sp³-hybridized carbons (Fsp3) is 0.222. The van der Waals surface area contributed by atoms with E-state index in [1.165, 1.54) is 0 Å². The number of rotatable bonds is 2. The van der Waals surface area contributed by atoms with E-state index in [1.54, 1.807) is 0 Å². The van der Waals surface area contributed by atoms with E-state index in [4.69, 9.17) is 5.11 Å². The predicted octanol–water partition coefficient (Wildman–Crippen LogP) is 2.37. The highest BCUT2D eigenvalue weighted by Crippen LogP contribution is 2.27. The summed E-state index contributed by atoms with van der Waals surface area (Å²) >= 11 is 4.44. The SMILES string of the molecule is Cc1c(Br)cccc1SC(=O)CO. The van der Waals surface area contributed by atoms with Crippen molar-refractivity contribution in [1.29, 1.82) is 0 Å². The largest absolute Gasteiger partial charge is 0.388 e. The average molecular weight is 261 g/mol. The molecule has 1 aromatic rings. The highest BCUT2D eigenvalue weighted by atomic mass is 79.9. The lowest BCUT2D eigenvalue weighted by molar-refractivity contribution is -0.113. The van der Waals surface area contributed by atoms with Crippen LogP contribution < -0.4 is 0 Å². The monoisotopic (exact) mass is 260 g/mol. The van der Waals surface area contributed by atoms with E-state index in [0.29, 0.717) is 0 Å². The van der Waals surface area contributed by atoms with Crippen LogP contribution in [0.25, 0.3) is 0 Å². The van der Waals surface area contributed by atoms with Crippen LogP contribution in [0.5, 0.6) is 0 Å². The Hall–Kier alpha value is -0.320. The number of aliphatic hydroxyl groups excluding tert-OH is 1. The molecule has 1 aromatic carbocycles. The van der Waals surface area contributed by atoms with Gasteiger partial charge in [0.1, 0.15) is 6.61 Å². The summed E-state index contributed by atoms with van der Waals surface area (Å²) in [5.74, 6) is 0. The van der Waals surface area contributed by atoms with Gasteiger partial charge in [-0.05, 0) is 36.4 Å². The number of halogens is 1. The number of carbonyl (C=O) groups excluding carboxylic acids is 1. The molecular formula is C9H9BrO2S. The lowest BCUT2D eigenvalue weighted by Crippen LogP contribution is -1.97. The summed E-state index contributed by atoms with van der Waals surface area (Å²) in [6, 6.07) is 5.64. The molecule has 1 N–H and O–H groups in total. The smallest absolute Gasteiger partial charge is 0.219 e. The lowest BCUT2D eigenvalue weighted by Gasteiger charge is -2.04. The molecule has 1 rings (SSSR count). The van der Waals surface area contributed by atoms with Gasteiger partial charge in [0.05, 0.1) is 0 Å². The van der Waals surface area contributed by atoms with Crippen molar-refractivity contribution in [3.05, 3.63) is 28.2 Å². The fourth-order valence-corrected chi connectivity index (χ4v) is 2.07. The Morgan fingerprint density at radius 3 is 2.92 bits per heavy atom. The minimum atomic E-state index is -0.420. The zero-order chi connectivity index (χ0) is 9.84. The van der Waals surface area contributed by atoms with Crippen molar-refractivity contribution in [2.24, 2.45) is 0 Å². The number of carbonyl (C=O) groups is 1. The molecule has 0 unspecified atom stereocenters. The van der Waals surface area contributed by atoms with Crippen LogP contribution in [0.1, 0.15) is 5.56 Å². The van der Waals surface area contributed by atoms with E-state index in [2.05, 4.69) is 15.9 Å². The molecule has 70 valence electrons. The Kier molecular flexibility index (Phi) is 3.96. The first-order chi connectivity index (χ1) is 6.15. The van der Waals surface area contributed by atoms with Crippen LogP contribution >= 0.6 is 27.7 Å². The van der Waals surface area contributed by atoms with E-state index in [1.807, 2.05) is 25.1 Å². The van der Waals surface area contributed by atoms with Gasteiger partial charge in [0.25, 0.3) is 0 Å². The summed E-state index contributed by atoms with van der Waals surface area (Å²) in [5, 5.41) is 8.34.